The second kappa shape index (κ2) is 8.35. The molecule has 2 rings (SSSR count). The number of hydrogen-bond donors (Lipinski definition) is 0. The van der Waals surface area contributed by atoms with E-state index >= 15 is 0 Å². The Bertz CT molecular complexity index is 499. The highest BCUT2D eigenvalue weighted by atomic mass is 16.5. The lowest BCUT2D eigenvalue weighted by molar-refractivity contribution is 0.277. The van der Waals surface area contributed by atoms with Crippen LogP contribution in [0.4, 0.5) is 0 Å². The molecule has 0 saturated carbocycles. The van der Waals surface area contributed by atoms with E-state index in [9.17, 15) is 0 Å². The quantitative estimate of drug-likeness (QED) is 0.640. The van der Waals surface area contributed by atoms with Gasteiger partial charge in [0.05, 0.1) is 13.2 Å². The van der Waals surface area contributed by atoms with Gasteiger partial charge in [0.15, 0.2) is 0 Å². The van der Waals surface area contributed by atoms with Crippen molar-refractivity contribution in [3.63, 3.8) is 0 Å². The molecule has 112 valence electrons. The third-order valence-corrected chi connectivity index (χ3v) is 3.49. The van der Waals surface area contributed by atoms with Crippen LogP contribution in [0.25, 0.3) is 0 Å². The molecule has 0 spiro atoms. The summed E-state index contributed by atoms with van der Waals surface area (Å²) in [4.78, 5) is 0. The summed E-state index contributed by atoms with van der Waals surface area (Å²) in [6.45, 7) is 5.70. The van der Waals surface area contributed by atoms with Crippen LogP contribution in [-0.2, 0) is 0 Å². The first kappa shape index (κ1) is 15.4. The van der Waals surface area contributed by atoms with Crippen molar-refractivity contribution in [1.29, 1.82) is 0 Å². The van der Waals surface area contributed by atoms with Gasteiger partial charge < -0.3 is 9.47 Å². The fraction of sp³-hybridized carbons (Fsp3) is 0.368. The molecule has 0 heterocycles. The molecular formula is C19H24O2. The van der Waals surface area contributed by atoms with E-state index < -0.39 is 0 Å². The van der Waals surface area contributed by atoms with Gasteiger partial charge in [-0.15, -0.1) is 0 Å². The van der Waals surface area contributed by atoms with Crippen molar-refractivity contribution in [2.75, 3.05) is 13.2 Å². The second-order valence-electron chi connectivity index (χ2n) is 5.29. The maximum Gasteiger partial charge on any atom is 0.122 e. The average molecular weight is 284 g/mol. The molecule has 2 heteroatoms. The molecule has 0 unspecified atom stereocenters. The van der Waals surface area contributed by atoms with E-state index in [1.54, 1.807) is 0 Å². The van der Waals surface area contributed by atoms with Crippen LogP contribution in [0.2, 0.25) is 0 Å². The van der Waals surface area contributed by atoms with Gasteiger partial charge in [0.1, 0.15) is 11.5 Å². The van der Waals surface area contributed by atoms with Gasteiger partial charge in [-0.05, 0) is 56.4 Å². The predicted molar refractivity (Wildman–Crippen MR) is 87.2 cm³/mol. The fourth-order valence-electron chi connectivity index (χ4n) is 2.18. The first-order chi connectivity index (χ1) is 10.3. The van der Waals surface area contributed by atoms with Crippen molar-refractivity contribution in [3.8, 4) is 11.5 Å². The van der Waals surface area contributed by atoms with Crippen molar-refractivity contribution < 1.29 is 9.47 Å². The van der Waals surface area contributed by atoms with Gasteiger partial charge in [-0.3, -0.25) is 0 Å². The van der Waals surface area contributed by atoms with Gasteiger partial charge in [0.25, 0.3) is 0 Å². The number of ether oxygens (including phenoxy) is 2. The lowest BCUT2D eigenvalue weighted by Gasteiger charge is -2.10. The summed E-state index contributed by atoms with van der Waals surface area (Å²) in [6.07, 6.45) is 3.24. The van der Waals surface area contributed by atoms with Crippen LogP contribution >= 0.6 is 0 Å². The summed E-state index contributed by atoms with van der Waals surface area (Å²) in [5, 5.41) is 0. The van der Waals surface area contributed by atoms with E-state index in [1.165, 1.54) is 11.1 Å². The maximum absolute atomic E-state index is 5.78. The molecule has 21 heavy (non-hydrogen) atoms. The molecule has 0 saturated heterocycles. The minimum Gasteiger partial charge on any atom is -0.493 e. The molecule has 0 aliphatic heterocycles. The zero-order valence-corrected chi connectivity index (χ0v) is 13.0. The van der Waals surface area contributed by atoms with Crippen LogP contribution in [0.3, 0.4) is 0 Å². The Labute approximate surface area is 127 Å². The molecule has 0 radical (unpaired) electrons. The maximum atomic E-state index is 5.78. The molecule has 0 atom stereocenters. The topological polar surface area (TPSA) is 18.5 Å². The first-order valence-electron chi connectivity index (χ1n) is 7.64. The van der Waals surface area contributed by atoms with Gasteiger partial charge in [0.2, 0.25) is 0 Å². The number of hydrogen-bond acceptors (Lipinski definition) is 2. The summed E-state index contributed by atoms with van der Waals surface area (Å²) in [5.41, 5.74) is 2.39. The van der Waals surface area contributed by atoms with Gasteiger partial charge in [-0.1, -0.05) is 36.4 Å². The monoisotopic (exact) mass is 284 g/mol. The van der Waals surface area contributed by atoms with Crippen molar-refractivity contribution >= 4 is 0 Å². The van der Waals surface area contributed by atoms with Crippen LogP contribution in [-0.4, -0.2) is 13.2 Å². The molecular weight excluding hydrogens is 260 g/mol. The highest BCUT2D eigenvalue weighted by Crippen LogP contribution is 2.18. The van der Waals surface area contributed by atoms with Crippen molar-refractivity contribution in [3.05, 3.63) is 59.7 Å². The molecule has 0 bridgehead atoms. The van der Waals surface area contributed by atoms with E-state index in [0.29, 0.717) is 0 Å². The number of rotatable bonds is 8. The van der Waals surface area contributed by atoms with E-state index in [2.05, 4.69) is 26.0 Å². The molecule has 2 aromatic carbocycles. The Morgan fingerprint density at radius 2 is 1.05 bits per heavy atom. The number of para-hydroxylation sites is 2. The lowest BCUT2D eigenvalue weighted by Crippen LogP contribution is -2.02. The molecule has 0 aliphatic rings. The average Bonchev–Trinajstić information content (AvgIpc) is 2.50. The molecule has 0 fully saturated rings. The summed E-state index contributed by atoms with van der Waals surface area (Å²) >= 11 is 0. The van der Waals surface area contributed by atoms with E-state index in [4.69, 9.17) is 9.47 Å². The van der Waals surface area contributed by atoms with E-state index in [1.807, 2.05) is 36.4 Å². The second-order valence-corrected chi connectivity index (χ2v) is 5.29. The summed E-state index contributed by atoms with van der Waals surface area (Å²) in [5.74, 6) is 1.99. The number of unbranched alkanes of at least 4 members (excludes halogenated alkanes) is 2. The minimum atomic E-state index is 0.773. The van der Waals surface area contributed by atoms with Gasteiger partial charge in [0, 0.05) is 0 Å². The fourth-order valence-corrected chi connectivity index (χ4v) is 2.18. The zero-order valence-electron chi connectivity index (χ0n) is 13.0. The van der Waals surface area contributed by atoms with Crippen LogP contribution < -0.4 is 9.47 Å². The first-order valence-corrected chi connectivity index (χ1v) is 7.64. The largest absolute Gasteiger partial charge is 0.493 e. The van der Waals surface area contributed by atoms with Gasteiger partial charge >= 0.3 is 0 Å². The zero-order chi connectivity index (χ0) is 14.9. The van der Waals surface area contributed by atoms with Crippen LogP contribution in [0.15, 0.2) is 48.5 Å². The number of benzene rings is 2. The Balaban J connectivity index is 1.57. The highest BCUT2D eigenvalue weighted by Gasteiger charge is 1.99. The van der Waals surface area contributed by atoms with Crippen molar-refractivity contribution in [1.82, 2.24) is 0 Å². The summed E-state index contributed by atoms with van der Waals surface area (Å²) in [7, 11) is 0. The van der Waals surface area contributed by atoms with Crippen molar-refractivity contribution in [2.24, 2.45) is 0 Å². The summed E-state index contributed by atoms with van der Waals surface area (Å²) < 4.78 is 11.6. The smallest absolute Gasteiger partial charge is 0.122 e. The Morgan fingerprint density at radius 1 is 0.619 bits per heavy atom. The van der Waals surface area contributed by atoms with Gasteiger partial charge in [-0.2, -0.15) is 0 Å². The molecule has 0 N–H and O–H groups in total. The standard InChI is InChI=1S/C19H24O2/c1-16-10-4-6-12-18(16)20-14-8-3-9-15-21-19-13-7-5-11-17(19)2/h4-7,10-13H,3,8-9,14-15H2,1-2H3. The Kier molecular flexibility index (Phi) is 6.14. The van der Waals surface area contributed by atoms with E-state index in [-0.39, 0.29) is 0 Å². The molecule has 2 nitrogen and oxygen atoms in total. The Morgan fingerprint density at radius 3 is 1.48 bits per heavy atom. The van der Waals surface area contributed by atoms with Gasteiger partial charge in [-0.25, -0.2) is 0 Å². The summed E-state index contributed by atoms with van der Waals surface area (Å²) in [6, 6.07) is 16.3. The molecule has 0 amide bonds. The normalized spacial score (nSPS) is 10.4. The Hall–Kier alpha value is -1.96. The highest BCUT2D eigenvalue weighted by molar-refractivity contribution is 5.32. The van der Waals surface area contributed by atoms with Crippen LogP contribution in [0.5, 0.6) is 11.5 Å². The third-order valence-electron chi connectivity index (χ3n) is 3.49. The SMILES string of the molecule is Cc1ccccc1OCCCCCOc1ccccc1C. The number of aryl methyl sites for hydroxylation is 2. The molecule has 2 aromatic rings. The van der Waals surface area contributed by atoms with Crippen LogP contribution in [0, 0.1) is 13.8 Å². The predicted octanol–water partition coefficient (Wildman–Crippen LogP) is 4.93. The lowest BCUT2D eigenvalue weighted by atomic mass is 10.2. The van der Waals surface area contributed by atoms with Crippen molar-refractivity contribution in [2.45, 2.75) is 33.1 Å². The van der Waals surface area contributed by atoms with Crippen LogP contribution in [0.1, 0.15) is 30.4 Å². The van der Waals surface area contributed by atoms with E-state index in [0.717, 1.165) is 44.0 Å². The minimum absolute atomic E-state index is 0.773. The third kappa shape index (κ3) is 5.14. The molecule has 0 aliphatic carbocycles. The molecule has 0 aromatic heterocycles.